The number of ether oxygens (including phenoxy) is 1. The molecule has 0 aliphatic carbocycles. The van der Waals surface area contributed by atoms with Gasteiger partial charge in [-0.2, -0.15) is 31.2 Å². The molecule has 0 bridgehead atoms. The first kappa shape index (κ1) is 29.9. The largest absolute Gasteiger partial charge is 0.496 e. The Morgan fingerprint density at radius 3 is 2.49 bits per heavy atom. The number of piperidine rings is 1. The number of halogens is 4. The molecule has 1 aliphatic heterocycles. The Labute approximate surface area is 228 Å². The van der Waals surface area contributed by atoms with Gasteiger partial charge >= 0.3 is 12.3 Å². The molecule has 1 fully saturated rings. The van der Waals surface area contributed by atoms with Crippen LogP contribution in [0.5, 0.6) is 5.75 Å². The van der Waals surface area contributed by atoms with E-state index in [9.17, 15) is 21.6 Å². The maximum absolute atomic E-state index is 13.8. The molecule has 2 aromatic heterocycles. The normalized spacial score (nSPS) is 15.5. The number of nitrogens with one attached hydrogen (secondary N) is 1. The average molecular weight is 585 g/mol. The highest BCUT2D eigenvalue weighted by molar-refractivity contribution is 7.92. The molecule has 1 aromatic carbocycles. The van der Waals surface area contributed by atoms with E-state index in [1.54, 1.807) is 12.1 Å². The van der Waals surface area contributed by atoms with Crippen molar-refractivity contribution < 1.29 is 35.9 Å². The fraction of sp³-hybridized carbons (Fsp3) is 0.320. The van der Waals surface area contributed by atoms with Gasteiger partial charge in [-0.1, -0.05) is 24.6 Å². The first-order valence-electron chi connectivity index (χ1n) is 11.6. The number of hydrogen-bond acceptors (Lipinski definition) is 8. The first-order valence-corrected chi connectivity index (χ1v) is 13.4. The smallest absolute Gasteiger partial charge is 0.418 e. The van der Waals surface area contributed by atoms with Gasteiger partial charge in [0, 0.05) is 23.7 Å². The molecule has 0 amide bonds. The molecule has 3 heterocycles. The zero-order valence-corrected chi connectivity index (χ0v) is 22.4. The maximum atomic E-state index is 13.8. The van der Waals surface area contributed by atoms with Crippen LogP contribution >= 0.6 is 11.6 Å². The fourth-order valence-corrected chi connectivity index (χ4v) is 5.27. The van der Waals surface area contributed by atoms with E-state index in [2.05, 4.69) is 21.6 Å². The highest BCUT2D eigenvalue weighted by atomic mass is 35.5. The van der Waals surface area contributed by atoms with Crippen molar-refractivity contribution in [3.05, 3.63) is 59.1 Å². The van der Waals surface area contributed by atoms with Crippen LogP contribution in [0.15, 0.2) is 53.6 Å². The number of rotatable bonds is 6. The molecule has 14 heteroatoms. The van der Waals surface area contributed by atoms with Gasteiger partial charge in [0.05, 0.1) is 18.4 Å². The average Bonchev–Trinajstić information content (AvgIpc) is 2.88. The zero-order valence-electron chi connectivity index (χ0n) is 20.8. The van der Waals surface area contributed by atoms with E-state index in [1.165, 1.54) is 31.4 Å². The van der Waals surface area contributed by atoms with Crippen molar-refractivity contribution in [2.24, 2.45) is 5.92 Å². The molecule has 0 spiro atoms. The molecule has 208 valence electrons. The second kappa shape index (κ2) is 12.5. The molecule has 3 aromatic rings. The van der Waals surface area contributed by atoms with Crippen LogP contribution in [0.3, 0.4) is 0 Å². The molecule has 1 unspecified atom stereocenters. The number of benzene rings is 1. The van der Waals surface area contributed by atoms with Gasteiger partial charge in [0.25, 0.3) is 10.0 Å². The Morgan fingerprint density at radius 1 is 1.13 bits per heavy atom. The number of carbonyl (C=O) groups excluding carboxylic acids is 2. The SMILES string of the molecule is COc1ccc(Cl)cc1-c1nc(NS(=O)(=O)c2cccc(N3CCCC(C)C3)n2)ccc1C(F)(F)F.O=C=O. The lowest BCUT2D eigenvalue weighted by molar-refractivity contribution is -0.191. The van der Waals surface area contributed by atoms with Gasteiger partial charge < -0.3 is 9.64 Å². The van der Waals surface area contributed by atoms with Gasteiger partial charge in [-0.05, 0) is 61.2 Å². The Morgan fingerprint density at radius 2 is 1.85 bits per heavy atom. The molecule has 1 atom stereocenters. The van der Waals surface area contributed by atoms with Gasteiger partial charge in [0.15, 0.2) is 5.03 Å². The third-order valence-electron chi connectivity index (χ3n) is 5.82. The van der Waals surface area contributed by atoms with E-state index in [1.807, 2.05) is 4.90 Å². The van der Waals surface area contributed by atoms with E-state index in [-0.39, 0.29) is 33.3 Å². The van der Waals surface area contributed by atoms with Crippen LogP contribution in [0.1, 0.15) is 25.3 Å². The quantitative estimate of drug-likeness (QED) is 0.416. The summed E-state index contributed by atoms with van der Waals surface area (Å²) in [6, 6.07) is 10.5. The second-order valence-electron chi connectivity index (χ2n) is 8.65. The third-order valence-corrected chi connectivity index (χ3v) is 7.31. The van der Waals surface area contributed by atoms with Gasteiger partial charge in [-0.25, -0.2) is 9.97 Å². The summed E-state index contributed by atoms with van der Waals surface area (Å²) in [5.41, 5.74) is -1.62. The topological polar surface area (TPSA) is 119 Å². The van der Waals surface area contributed by atoms with E-state index >= 15 is 0 Å². The van der Waals surface area contributed by atoms with Gasteiger partial charge in [-0.3, -0.25) is 4.72 Å². The van der Waals surface area contributed by atoms with Crippen molar-refractivity contribution in [3.8, 4) is 17.0 Å². The molecule has 39 heavy (non-hydrogen) atoms. The minimum atomic E-state index is -4.76. The van der Waals surface area contributed by atoms with E-state index in [0.29, 0.717) is 11.7 Å². The maximum Gasteiger partial charge on any atom is 0.418 e. The van der Waals surface area contributed by atoms with Crippen molar-refractivity contribution in [2.75, 3.05) is 29.8 Å². The number of pyridine rings is 2. The Hall–Kier alpha value is -3.67. The zero-order chi connectivity index (χ0) is 28.8. The number of methoxy groups -OCH3 is 1. The van der Waals surface area contributed by atoms with Crippen molar-refractivity contribution in [3.63, 3.8) is 0 Å². The predicted octanol–water partition coefficient (Wildman–Crippen LogP) is 5.28. The first-order chi connectivity index (χ1) is 18.4. The van der Waals surface area contributed by atoms with Crippen LogP contribution in [0.2, 0.25) is 5.02 Å². The van der Waals surface area contributed by atoms with Crippen LogP contribution in [0, 0.1) is 5.92 Å². The molecule has 1 aliphatic rings. The minimum absolute atomic E-state index is 0.0299. The summed E-state index contributed by atoms with van der Waals surface area (Å²) in [6.45, 7) is 3.64. The van der Waals surface area contributed by atoms with Crippen molar-refractivity contribution >= 4 is 39.4 Å². The van der Waals surface area contributed by atoms with Crippen LogP contribution in [-0.4, -0.2) is 44.7 Å². The van der Waals surface area contributed by atoms with E-state index in [4.69, 9.17) is 25.9 Å². The van der Waals surface area contributed by atoms with Crippen molar-refractivity contribution in [1.82, 2.24) is 9.97 Å². The molecule has 0 saturated carbocycles. The molecule has 1 saturated heterocycles. The van der Waals surface area contributed by atoms with Crippen LogP contribution in [0.25, 0.3) is 11.3 Å². The van der Waals surface area contributed by atoms with Crippen molar-refractivity contribution in [2.45, 2.75) is 31.0 Å². The summed E-state index contributed by atoms with van der Waals surface area (Å²) in [4.78, 5) is 26.6. The van der Waals surface area contributed by atoms with Gasteiger partial charge in [0.2, 0.25) is 0 Å². The molecule has 1 N–H and O–H groups in total. The summed E-state index contributed by atoms with van der Waals surface area (Å²) >= 11 is 6.02. The van der Waals surface area contributed by atoms with Crippen LogP contribution in [0.4, 0.5) is 24.8 Å². The summed E-state index contributed by atoms with van der Waals surface area (Å²) in [5, 5.41) is -0.0958. The van der Waals surface area contributed by atoms with E-state index in [0.717, 1.165) is 38.1 Å². The number of aromatic nitrogens is 2. The summed E-state index contributed by atoms with van der Waals surface area (Å²) in [7, 11) is -2.95. The molecular weight excluding hydrogens is 561 g/mol. The summed E-state index contributed by atoms with van der Waals surface area (Å²) in [5.74, 6) is 0.771. The summed E-state index contributed by atoms with van der Waals surface area (Å²) < 4.78 is 75.0. The second-order valence-corrected chi connectivity index (χ2v) is 10.7. The number of hydrogen-bond donors (Lipinski definition) is 1. The number of nitrogens with zero attached hydrogens (tertiary/aromatic N) is 3. The van der Waals surface area contributed by atoms with Crippen LogP contribution in [-0.2, 0) is 25.8 Å². The van der Waals surface area contributed by atoms with Gasteiger partial charge in [0.1, 0.15) is 17.4 Å². The van der Waals surface area contributed by atoms with Crippen molar-refractivity contribution in [1.29, 1.82) is 0 Å². The van der Waals surface area contributed by atoms with Gasteiger partial charge in [-0.15, -0.1) is 0 Å². The monoisotopic (exact) mass is 584 g/mol. The number of sulfonamides is 1. The highest BCUT2D eigenvalue weighted by Gasteiger charge is 2.36. The lowest BCUT2D eigenvalue weighted by Gasteiger charge is -2.31. The Bertz CT molecular complexity index is 1460. The fourth-order valence-electron chi connectivity index (χ4n) is 4.13. The number of alkyl halides is 3. The molecular formula is C25H24ClF3N4O5S. The van der Waals surface area contributed by atoms with E-state index < -0.39 is 27.5 Å². The lowest BCUT2D eigenvalue weighted by atomic mass is 10.0. The molecule has 0 radical (unpaired) electrons. The standard InChI is InChI=1S/C24H24ClF3N4O3S.CO2/c1-15-5-4-12-32(14-15)21-6-3-7-22(30-21)36(33,34)31-20-11-9-18(24(26,27)28)23(29-20)17-13-16(25)8-10-19(17)35-2;2-1-3/h3,6-11,13,15H,4-5,12,14H2,1-2H3,(H,29,31);. The molecule has 9 nitrogen and oxygen atoms in total. The Kier molecular flexibility index (Phi) is 9.54. The minimum Gasteiger partial charge on any atom is -0.496 e. The highest BCUT2D eigenvalue weighted by Crippen LogP contribution is 2.41. The predicted molar refractivity (Wildman–Crippen MR) is 137 cm³/mol. The summed E-state index contributed by atoms with van der Waals surface area (Å²) in [6.07, 6.45) is -2.44. The third kappa shape index (κ3) is 7.47. The lowest BCUT2D eigenvalue weighted by Crippen LogP contribution is -2.35. The molecule has 4 rings (SSSR count). The Balaban J connectivity index is 0.00000134. The number of anilines is 2. The van der Waals surface area contributed by atoms with Crippen LogP contribution < -0.4 is 14.4 Å².